The van der Waals surface area contributed by atoms with E-state index in [-0.39, 0.29) is 11.9 Å². The number of rotatable bonds is 5. The van der Waals surface area contributed by atoms with Crippen LogP contribution in [0.5, 0.6) is 0 Å². The lowest BCUT2D eigenvalue weighted by Crippen LogP contribution is -2.51. The highest BCUT2D eigenvalue weighted by Crippen LogP contribution is 2.19. The van der Waals surface area contributed by atoms with Crippen LogP contribution in [0.4, 0.5) is 0 Å². The van der Waals surface area contributed by atoms with Crippen molar-refractivity contribution in [1.82, 2.24) is 10.2 Å². The van der Waals surface area contributed by atoms with Crippen molar-refractivity contribution >= 4 is 5.91 Å². The zero-order valence-corrected chi connectivity index (χ0v) is 11.3. The number of hydrogen-bond donors (Lipinski definition) is 2. The van der Waals surface area contributed by atoms with Crippen molar-refractivity contribution in [2.45, 2.75) is 58.1 Å². The monoisotopic (exact) mass is 242 g/mol. The third-order valence-corrected chi connectivity index (χ3v) is 3.75. The molecule has 0 saturated carbocycles. The molecule has 1 unspecified atom stereocenters. The molecule has 1 amide bonds. The van der Waals surface area contributed by atoms with Crippen LogP contribution in [-0.2, 0) is 4.79 Å². The van der Waals surface area contributed by atoms with Gasteiger partial charge in [0.2, 0.25) is 5.91 Å². The maximum atomic E-state index is 11.0. The number of carbonyl (C=O) groups is 1. The Morgan fingerprint density at radius 1 is 1.47 bits per heavy atom. The molecule has 0 radical (unpaired) electrons. The molecule has 0 bridgehead atoms. The highest BCUT2D eigenvalue weighted by atomic mass is 16.3. The minimum Gasteiger partial charge on any atom is -0.389 e. The number of hydrogen-bond acceptors (Lipinski definition) is 3. The average Bonchev–Trinajstić information content (AvgIpc) is 2.28. The van der Waals surface area contributed by atoms with Gasteiger partial charge in [0, 0.05) is 26.1 Å². The third-order valence-electron chi connectivity index (χ3n) is 3.75. The summed E-state index contributed by atoms with van der Waals surface area (Å²) in [4.78, 5) is 13.3. The molecule has 1 saturated heterocycles. The summed E-state index contributed by atoms with van der Waals surface area (Å²) in [5.41, 5.74) is -0.571. The standard InChI is InChI=1S/C13H26N2O2/c1-4-13(17,5-2)10-15-8-6-7-12(9-15)14-11(3)16/h12,17H,4-10H2,1-3H3,(H,14,16). The Balaban J connectivity index is 2.46. The van der Waals surface area contributed by atoms with Gasteiger partial charge in [-0.25, -0.2) is 0 Å². The molecular weight excluding hydrogens is 216 g/mol. The second-order valence-corrected chi connectivity index (χ2v) is 5.21. The van der Waals surface area contributed by atoms with Crippen LogP contribution in [0.25, 0.3) is 0 Å². The maximum absolute atomic E-state index is 11.0. The molecule has 100 valence electrons. The lowest BCUT2D eigenvalue weighted by Gasteiger charge is -2.38. The van der Waals surface area contributed by atoms with Crippen molar-refractivity contribution in [2.24, 2.45) is 0 Å². The van der Waals surface area contributed by atoms with Crippen LogP contribution >= 0.6 is 0 Å². The van der Waals surface area contributed by atoms with E-state index in [1.165, 1.54) is 0 Å². The first kappa shape index (κ1) is 14.5. The minimum absolute atomic E-state index is 0.0399. The maximum Gasteiger partial charge on any atom is 0.217 e. The summed E-state index contributed by atoms with van der Waals surface area (Å²) < 4.78 is 0. The number of likely N-dealkylation sites (tertiary alicyclic amines) is 1. The summed E-state index contributed by atoms with van der Waals surface area (Å²) in [6, 6.07) is 0.249. The van der Waals surface area contributed by atoms with Gasteiger partial charge in [-0.3, -0.25) is 9.69 Å². The van der Waals surface area contributed by atoms with Crippen LogP contribution in [-0.4, -0.2) is 47.2 Å². The Morgan fingerprint density at radius 2 is 2.12 bits per heavy atom. The van der Waals surface area contributed by atoms with E-state index in [1.807, 2.05) is 13.8 Å². The SMILES string of the molecule is CCC(O)(CC)CN1CCCC(NC(C)=O)C1. The van der Waals surface area contributed by atoms with Gasteiger partial charge in [0.15, 0.2) is 0 Å². The fourth-order valence-electron chi connectivity index (χ4n) is 2.49. The van der Waals surface area contributed by atoms with E-state index < -0.39 is 5.60 Å². The van der Waals surface area contributed by atoms with Crippen LogP contribution in [0, 0.1) is 0 Å². The topological polar surface area (TPSA) is 52.6 Å². The quantitative estimate of drug-likeness (QED) is 0.760. The molecular formula is C13H26N2O2. The lowest BCUT2D eigenvalue weighted by atomic mass is 9.95. The number of nitrogens with zero attached hydrogens (tertiary/aromatic N) is 1. The molecule has 1 heterocycles. The van der Waals surface area contributed by atoms with Crippen molar-refractivity contribution in [1.29, 1.82) is 0 Å². The summed E-state index contributed by atoms with van der Waals surface area (Å²) in [6.45, 7) is 8.22. The minimum atomic E-state index is -0.571. The average molecular weight is 242 g/mol. The van der Waals surface area contributed by atoms with Gasteiger partial charge >= 0.3 is 0 Å². The second-order valence-electron chi connectivity index (χ2n) is 5.21. The number of carbonyl (C=O) groups excluding carboxylic acids is 1. The van der Waals surface area contributed by atoms with E-state index in [0.717, 1.165) is 45.3 Å². The number of amides is 1. The molecule has 1 atom stereocenters. The van der Waals surface area contributed by atoms with Crippen molar-refractivity contribution in [2.75, 3.05) is 19.6 Å². The van der Waals surface area contributed by atoms with Gasteiger partial charge in [-0.1, -0.05) is 13.8 Å². The van der Waals surface area contributed by atoms with Crippen LogP contribution in [0.3, 0.4) is 0 Å². The fourth-order valence-corrected chi connectivity index (χ4v) is 2.49. The van der Waals surface area contributed by atoms with Gasteiger partial charge in [-0.2, -0.15) is 0 Å². The normalized spacial score (nSPS) is 22.5. The zero-order valence-electron chi connectivity index (χ0n) is 11.3. The van der Waals surface area contributed by atoms with E-state index in [9.17, 15) is 9.90 Å². The molecule has 0 aromatic carbocycles. The van der Waals surface area contributed by atoms with Gasteiger partial charge in [0.05, 0.1) is 5.60 Å². The third kappa shape index (κ3) is 4.64. The molecule has 0 spiro atoms. The zero-order chi connectivity index (χ0) is 12.9. The van der Waals surface area contributed by atoms with Gasteiger partial charge in [-0.05, 0) is 32.2 Å². The number of aliphatic hydroxyl groups is 1. The van der Waals surface area contributed by atoms with Crippen LogP contribution in [0.2, 0.25) is 0 Å². The Bertz CT molecular complexity index is 252. The molecule has 1 aliphatic heterocycles. The van der Waals surface area contributed by atoms with E-state index in [1.54, 1.807) is 6.92 Å². The van der Waals surface area contributed by atoms with Crippen LogP contribution < -0.4 is 5.32 Å². The van der Waals surface area contributed by atoms with Crippen molar-refractivity contribution in [3.63, 3.8) is 0 Å². The first-order valence-corrected chi connectivity index (χ1v) is 6.71. The Labute approximate surface area is 104 Å². The first-order valence-electron chi connectivity index (χ1n) is 6.71. The summed E-state index contributed by atoms with van der Waals surface area (Å²) in [6.07, 6.45) is 3.71. The van der Waals surface area contributed by atoms with Crippen molar-refractivity contribution in [3.05, 3.63) is 0 Å². The van der Waals surface area contributed by atoms with Crippen LogP contribution in [0.15, 0.2) is 0 Å². The lowest BCUT2D eigenvalue weighted by molar-refractivity contribution is -0.120. The molecule has 0 aromatic heterocycles. The van der Waals surface area contributed by atoms with E-state index in [4.69, 9.17) is 0 Å². The van der Waals surface area contributed by atoms with Gasteiger partial charge < -0.3 is 10.4 Å². The number of β-amino-alcohol motifs (C(OH)–C–C–N with tert-alkyl or cyclic N) is 1. The first-order chi connectivity index (χ1) is 7.99. The predicted octanol–water partition coefficient (Wildman–Crippen LogP) is 1.14. The van der Waals surface area contributed by atoms with Gasteiger partial charge in [0.1, 0.15) is 0 Å². The van der Waals surface area contributed by atoms with Crippen molar-refractivity contribution < 1.29 is 9.90 Å². The predicted molar refractivity (Wildman–Crippen MR) is 68.8 cm³/mol. The molecule has 0 aliphatic carbocycles. The number of nitrogens with one attached hydrogen (secondary N) is 1. The molecule has 1 rings (SSSR count). The molecule has 4 heteroatoms. The Hall–Kier alpha value is -0.610. The smallest absolute Gasteiger partial charge is 0.217 e. The highest BCUT2D eigenvalue weighted by molar-refractivity contribution is 5.73. The molecule has 17 heavy (non-hydrogen) atoms. The number of piperidine rings is 1. The van der Waals surface area contributed by atoms with Crippen LogP contribution in [0.1, 0.15) is 46.5 Å². The summed E-state index contributed by atoms with van der Waals surface area (Å²) >= 11 is 0. The summed E-state index contributed by atoms with van der Waals surface area (Å²) in [7, 11) is 0. The molecule has 1 aliphatic rings. The van der Waals surface area contributed by atoms with Gasteiger partial charge in [0.25, 0.3) is 0 Å². The summed E-state index contributed by atoms with van der Waals surface area (Å²) in [5, 5.41) is 13.3. The van der Waals surface area contributed by atoms with E-state index >= 15 is 0 Å². The van der Waals surface area contributed by atoms with E-state index in [0.29, 0.717) is 0 Å². The fraction of sp³-hybridized carbons (Fsp3) is 0.923. The second kappa shape index (κ2) is 6.36. The molecule has 1 fully saturated rings. The van der Waals surface area contributed by atoms with E-state index in [2.05, 4.69) is 10.2 Å². The van der Waals surface area contributed by atoms with Gasteiger partial charge in [-0.15, -0.1) is 0 Å². The Kier molecular flexibility index (Phi) is 5.40. The highest BCUT2D eigenvalue weighted by Gasteiger charge is 2.28. The molecule has 0 aromatic rings. The Morgan fingerprint density at radius 3 is 2.65 bits per heavy atom. The molecule has 4 nitrogen and oxygen atoms in total. The largest absolute Gasteiger partial charge is 0.389 e. The van der Waals surface area contributed by atoms with Crippen molar-refractivity contribution in [3.8, 4) is 0 Å². The molecule has 2 N–H and O–H groups in total. The summed E-state index contributed by atoms with van der Waals surface area (Å²) in [5.74, 6) is 0.0399.